The summed E-state index contributed by atoms with van der Waals surface area (Å²) >= 11 is 0. The number of rotatable bonds is 0. The normalized spacial score (nSPS) is 52.7. The predicted octanol–water partition coefficient (Wildman–Crippen LogP) is 5.26. The predicted molar refractivity (Wildman–Crippen MR) is 91.5 cm³/mol. The minimum absolute atomic E-state index is 0.441. The summed E-state index contributed by atoms with van der Waals surface area (Å²) < 4.78 is 0. The van der Waals surface area contributed by atoms with Gasteiger partial charge in [0.2, 0.25) is 0 Å². The summed E-state index contributed by atoms with van der Waals surface area (Å²) in [6.45, 7) is 6.83. The summed E-state index contributed by atoms with van der Waals surface area (Å²) in [6, 6.07) is 0. The van der Waals surface area contributed by atoms with E-state index in [9.17, 15) is 5.11 Å². The first-order chi connectivity index (χ1) is 10.4. The van der Waals surface area contributed by atoms with E-state index in [4.69, 9.17) is 0 Å². The van der Waals surface area contributed by atoms with Crippen LogP contribution in [0, 0.1) is 29.1 Å². The molecular formula is C21H32O. The Hall–Kier alpha value is -0.560. The molecule has 3 saturated carbocycles. The van der Waals surface area contributed by atoms with Crippen LogP contribution in [0.1, 0.15) is 72.1 Å². The van der Waals surface area contributed by atoms with Crippen molar-refractivity contribution < 1.29 is 5.11 Å². The molecule has 0 aromatic heterocycles. The maximum absolute atomic E-state index is 10.4. The van der Waals surface area contributed by atoms with Crippen molar-refractivity contribution in [1.29, 1.82) is 0 Å². The van der Waals surface area contributed by atoms with Crippen LogP contribution in [0.3, 0.4) is 0 Å². The fourth-order valence-corrected chi connectivity index (χ4v) is 6.79. The third kappa shape index (κ3) is 2.08. The maximum atomic E-state index is 10.4. The lowest BCUT2D eigenvalue weighted by molar-refractivity contribution is -0.0142. The van der Waals surface area contributed by atoms with E-state index in [1.165, 1.54) is 38.5 Å². The van der Waals surface area contributed by atoms with Crippen LogP contribution in [0.4, 0.5) is 0 Å². The SMILES string of the molecule is C/C=C1/CCC2C3CC=C4C[C@@](C)(O)CC[C@@H]4C3CCC12C. The largest absolute Gasteiger partial charge is 0.390 e. The van der Waals surface area contributed by atoms with Crippen molar-refractivity contribution in [2.45, 2.75) is 77.7 Å². The van der Waals surface area contributed by atoms with Crippen LogP contribution in [0.2, 0.25) is 0 Å². The molecule has 0 radical (unpaired) electrons. The summed E-state index contributed by atoms with van der Waals surface area (Å²) in [5.74, 6) is 3.52. The van der Waals surface area contributed by atoms with Gasteiger partial charge in [-0.25, -0.2) is 0 Å². The number of allylic oxidation sites excluding steroid dienone is 3. The van der Waals surface area contributed by atoms with Gasteiger partial charge < -0.3 is 5.11 Å². The Bertz CT molecular complexity index is 526. The van der Waals surface area contributed by atoms with Gasteiger partial charge in [-0.1, -0.05) is 30.2 Å². The van der Waals surface area contributed by atoms with Gasteiger partial charge in [0.15, 0.2) is 0 Å². The van der Waals surface area contributed by atoms with Crippen molar-refractivity contribution in [3.05, 3.63) is 23.3 Å². The van der Waals surface area contributed by atoms with Gasteiger partial charge in [-0.3, -0.25) is 0 Å². The molecule has 1 heteroatoms. The van der Waals surface area contributed by atoms with E-state index in [2.05, 4.69) is 26.0 Å². The zero-order valence-electron chi connectivity index (χ0n) is 14.6. The van der Waals surface area contributed by atoms with Crippen molar-refractivity contribution in [1.82, 2.24) is 0 Å². The lowest BCUT2D eigenvalue weighted by atomic mass is 9.52. The van der Waals surface area contributed by atoms with E-state index in [0.29, 0.717) is 5.41 Å². The standard InChI is InChI=1S/C21H32O/c1-4-15-6-8-19-18-7-5-14-13-20(2,22)11-9-16(14)17(18)10-12-21(15,19)3/h4-5,16-19,22H,6-13H2,1-3H3/b15-4-/t16-,17?,18?,19?,20-,21?/m0/s1. The van der Waals surface area contributed by atoms with Gasteiger partial charge in [0.1, 0.15) is 0 Å². The topological polar surface area (TPSA) is 20.2 Å². The van der Waals surface area contributed by atoms with Crippen LogP contribution in [-0.2, 0) is 0 Å². The molecule has 4 aliphatic carbocycles. The number of fused-ring (bicyclic) bond motifs is 5. The molecule has 0 spiro atoms. The molecule has 0 aliphatic heterocycles. The summed E-state index contributed by atoms with van der Waals surface area (Å²) in [5, 5.41) is 10.4. The molecule has 0 bridgehead atoms. The molecule has 22 heavy (non-hydrogen) atoms. The molecule has 0 heterocycles. The summed E-state index contributed by atoms with van der Waals surface area (Å²) in [5.41, 5.74) is 3.41. The molecule has 0 amide bonds. The monoisotopic (exact) mass is 300 g/mol. The number of aliphatic hydroxyl groups is 1. The zero-order chi connectivity index (χ0) is 15.5. The van der Waals surface area contributed by atoms with E-state index in [1.54, 1.807) is 11.1 Å². The highest BCUT2D eigenvalue weighted by Gasteiger charge is 2.54. The first-order valence-electron chi connectivity index (χ1n) is 9.51. The van der Waals surface area contributed by atoms with Crippen LogP contribution >= 0.6 is 0 Å². The van der Waals surface area contributed by atoms with Gasteiger partial charge in [0, 0.05) is 0 Å². The molecular weight excluding hydrogens is 268 g/mol. The van der Waals surface area contributed by atoms with Crippen LogP contribution in [0.15, 0.2) is 23.3 Å². The second-order valence-corrected chi connectivity index (χ2v) is 9.08. The Kier molecular flexibility index (Phi) is 3.39. The first kappa shape index (κ1) is 15.0. The van der Waals surface area contributed by atoms with E-state index >= 15 is 0 Å². The van der Waals surface area contributed by atoms with Crippen LogP contribution in [0.25, 0.3) is 0 Å². The first-order valence-corrected chi connectivity index (χ1v) is 9.51. The van der Waals surface area contributed by atoms with Crippen molar-refractivity contribution in [3.63, 3.8) is 0 Å². The molecule has 6 atom stereocenters. The Balaban J connectivity index is 1.63. The molecule has 4 rings (SSSR count). The van der Waals surface area contributed by atoms with Gasteiger partial charge in [-0.05, 0) is 94.3 Å². The minimum Gasteiger partial charge on any atom is -0.390 e. The molecule has 4 aliphatic rings. The Morgan fingerprint density at radius 3 is 2.73 bits per heavy atom. The molecule has 1 N–H and O–H groups in total. The summed E-state index contributed by atoms with van der Waals surface area (Å²) in [4.78, 5) is 0. The fraction of sp³-hybridized carbons (Fsp3) is 0.810. The van der Waals surface area contributed by atoms with Crippen molar-refractivity contribution >= 4 is 0 Å². The zero-order valence-corrected chi connectivity index (χ0v) is 14.6. The van der Waals surface area contributed by atoms with Gasteiger partial charge >= 0.3 is 0 Å². The van der Waals surface area contributed by atoms with E-state index in [-0.39, 0.29) is 0 Å². The maximum Gasteiger partial charge on any atom is 0.0657 e. The quantitative estimate of drug-likeness (QED) is 0.605. The van der Waals surface area contributed by atoms with Crippen molar-refractivity contribution in [3.8, 4) is 0 Å². The van der Waals surface area contributed by atoms with Crippen LogP contribution in [-0.4, -0.2) is 10.7 Å². The summed E-state index contributed by atoms with van der Waals surface area (Å²) in [6.07, 6.45) is 15.0. The number of hydrogen-bond donors (Lipinski definition) is 1. The number of hydrogen-bond acceptors (Lipinski definition) is 1. The minimum atomic E-state index is -0.441. The average Bonchev–Trinajstić information content (AvgIpc) is 2.82. The van der Waals surface area contributed by atoms with E-state index < -0.39 is 5.60 Å². The highest BCUT2D eigenvalue weighted by Crippen LogP contribution is 2.63. The second kappa shape index (κ2) is 4.97. The Morgan fingerprint density at radius 1 is 1.14 bits per heavy atom. The fourth-order valence-electron chi connectivity index (χ4n) is 6.79. The summed E-state index contributed by atoms with van der Waals surface area (Å²) in [7, 11) is 0. The average molecular weight is 300 g/mol. The second-order valence-electron chi connectivity index (χ2n) is 9.08. The van der Waals surface area contributed by atoms with Crippen molar-refractivity contribution in [2.24, 2.45) is 29.1 Å². The van der Waals surface area contributed by atoms with Gasteiger partial charge in [-0.15, -0.1) is 0 Å². The van der Waals surface area contributed by atoms with Gasteiger partial charge in [0.05, 0.1) is 5.60 Å². The third-order valence-electron chi connectivity index (χ3n) is 7.91. The van der Waals surface area contributed by atoms with Crippen LogP contribution < -0.4 is 0 Å². The lowest BCUT2D eigenvalue weighted by Gasteiger charge is -2.53. The molecule has 1 nitrogen and oxygen atoms in total. The van der Waals surface area contributed by atoms with E-state index in [0.717, 1.165) is 36.5 Å². The highest BCUT2D eigenvalue weighted by molar-refractivity contribution is 5.26. The Labute approximate surface area is 135 Å². The lowest BCUT2D eigenvalue weighted by Crippen LogP contribution is -2.46. The Morgan fingerprint density at radius 2 is 1.95 bits per heavy atom. The molecule has 0 saturated heterocycles. The smallest absolute Gasteiger partial charge is 0.0657 e. The molecule has 0 aromatic carbocycles. The van der Waals surface area contributed by atoms with Gasteiger partial charge in [0.25, 0.3) is 0 Å². The molecule has 0 aromatic rings. The highest BCUT2D eigenvalue weighted by atomic mass is 16.3. The molecule has 3 fully saturated rings. The van der Waals surface area contributed by atoms with Crippen LogP contribution in [0.5, 0.6) is 0 Å². The molecule has 4 unspecified atom stereocenters. The third-order valence-corrected chi connectivity index (χ3v) is 7.91. The van der Waals surface area contributed by atoms with Gasteiger partial charge in [-0.2, -0.15) is 0 Å². The van der Waals surface area contributed by atoms with Crippen molar-refractivity contribution in [2.75, 3.05) is 0 Å². The van der Waals surface area contributed by atoms with E-state index in [1.807, 2.05) is 6.92 Å². The molecule has 122 valence electrons.